The zero-order valence-corrected chi connectivity index (χ0v) is 10.8. The predicted molar refractivity (Wildman–Crippen MR) is 63.0 cm³/mol. The lowest BCUT2D eigenvalue weighted by Gasteiger charge is -2.11. The molecule has 0 aromatic rings. The van der Waals surface area contributed by atoms with Gasteiger partial charge in [0.1, 0.15) is 0 Å². The Balaban J connectivity index is 1.81. The maximum Gasteiger partial charge on any atom is 0.224 e. The van der Waals surface area contributed by atoms with Gasteiger partial charge in [0.25, 0.3) is 0 Å². The first-order valence-corrected chi connectivity index (χ1v) is 6.26. The van der Waals surface area contributed by atoms with Crippen LogP contribution in [0.3, 0.4) is 0 Å². The van der Waals surface area contributed by atoms with Crippen molar-refractivity contribution in [3.63, 3.8) is 0 Å². The van der Waals surface area contributed by atoms with Crippen LogP contribution in [0.4, 0.5) is 0 Å². The Morgan fingerprint density at radius 3 is 2.38 bits per heavy atom. The number of amides is 1. The Hall–Kier alpha value is -0.570. The summed E-state index contributed by atoms with van der Waals surface area (Å²) < 4.78 is 5.49. The summed E-state index contributed by atoms with van der Waals surface area (Å²) >= 11 is 0. The van der Waals surface area contributed by atoms with Crippen LogP contribution in [-0.4, -0.2) is 25.2 Å². The molecule has 0 bridgehead atoms. The van der Waals surface area contributed by atoms with Crippen LogP contribution < -0.4 is 5.32 Å². The van der Waals surface area contributed by atoms with Gasteiger partial charge in [0, 0.05) is 19.1 Å². The molecule has 1 saturated carbocycles. The number of carbonyl (C=O) groups is 1. The van der Waals surface area contributed by atoms with Gasteiger partial charge in [-0.15, -0.1) is 0 Å². The summed E-state index contributed by atoms with van der Waals surface area (Å²) in [4.78, 5) is 12.0. The minimum absolute atomic E-state index is 0.133. The topological polar surface area (TPSA) is 38.3 Å². The predicted octanol–water partition coefficient (Wildman–Crippen LogP) is 1.96. The van der Waals surface area contributed by atoms with Crippen molar-refractivity contribution in [3.8, 4) is 0 Å². The summed E-state index contributed by atoms with van der Waals surface area (Å²) in [7, 11) is 0. The Kier molecular flexibility index (Phi) is 2.77. The molecule has 3 nitrogen and oxygen atoms in total. The van der Waals surface area contributed by atoms with Gasteiger partial charge in [0.05, 0.1) is 6.10 Å². The van der Waals surface area contributed by atoms with Crippen molar-refractivity contribution < 1.29 is 9.53 Å². The average Bonchev–Trinajstić information content (AvgIpc) is 2.61. The first-order valence-electron chi connectivity index (χ1n) is 6.26. The highest BCUT2D eigenvalue weighted by atomic mass is 16.5. The molecular weight excluding hydrogens is 202 g/mol. The molecule has 92 valence electrons. The molecule has 2 fully saturated rings. The summed E-state index contributed by atoms with van der Waals surface area (Å²) in [5.74, 6) is 0.354. The molecule has 3 heteroatoms. The summed E-state index contributed by atoms with van der Waals surface area (Å²) in [5.41, 5.74) is 0.265. The van der Waals surface area contributed by atoms with Crippen LogP contribution in [0.2, 0.25) is 0 Å². The van der Waals surface area contributed by atoms with Gasteiger partial charge in [-0.3, -0.25) is 4.79 Å². The van der Waals surface area contributed by atoms with E-state index < -0.39 is 0 Å². The second kappa shape index (κ2) is 3.73. The molecule has 0 spiro atoms. The van der Waals surface area contributed by atoms with Crippen LogP contribution in [0.25, 0.3) is 0 Å². The van der Waals surface area contributed by atoms with Crippen LogP contribution in [-0.2, 0) is 9.53 Å². The molecule has 0 aromatic carbocycles. The lowest BCUT2D eigenvalue weighted by molar-refractivity contribution is -0.124. The highest BCUT2D eigenvalue weighted by Gasteiger charge is 2.68. The third-order valence-electron chi connectivity index (χ3n) is 4.81. The van der Waals surface area contributed by atoms with Crippen molar-refractivity contribution in [2.24, 2.45) is 16.7 Å². The molecule has 1 aliphatic carbocycles. The molecule has 1 saturated heterocycles. The molecule has 1 unspecified atom stereocenters. The first kappa shape index (κ1) is 11.9. The molecule has 2 aliphatic rings. The normalized spacial score (nSPS) is 31.4. The quantitative estimate of drug-likeness (QED) is 0.797. The van der Waals surface area contributed by atoms with Gasteiger partial charge in [-0.2, -0.15) is 0 Å². The highest BCUT2D eigenvalue weighted by Crippen LogP contribution is 2.68. The van der Waals surface area contributed by atoms with Crippen LogP contribution in [0.1, 0.15) is 40.5 Å². The number of rotatable bonds is 3. The smallest absolute Gasteiger partial charge is 0.224 e. The fraction of sp³-hybridized carbons (Fsp3) is 0.923. The van der Waals surface area contributed by atoms with Crippen LogP contribution in [0.5, 0.6) is 0 Å². The summed E-state index contributed by atoms with van der Waals surface area (Å²) in [6.07, 6.45) is 2.45. The number of ether oxygens (including phenoxy) is 1. The van der Waals surface area contributed by atoms with E-state index >= 15 is 0 Å². The first-order chi connectivity index (χ1) is 7.37. The van der Waals surface area contributed by atoms with Gasteiger partial charge in [-0.1, -0.05) is 27.7 Å². The minimum Gasteiger partial charge on any atom is -0.376 e. The van der Waals surface area contributed by atoms with Gasteiger partial charge in [-0.25, -0.2) is 0 Å². The SMILES string of the molecule is CC1(C)C(C(=O)NCC2CCCO2)C1(C)C. The van der Waals surface area contributed by atoms with E-state index in [4.69, 9.17) is 4.74 Å². The van der Waals surface area contributed by atoms with Gasteiger partial charge in [-0.05, 0) is 23.7 Å². The number of nitrogens with one attached hydrogen (secondary N) is 1. The lowest BCUT2D eigenvalue weighted by atomic mass is 10.0. The maximum atomic E-state index is 12.0. The second-order valence-corrected chi connectivity index (χ2v) is 6.26. The average molecular weight is 225 g/mol. The van der Waals surface area contributed by atoms with Crippen molar-refractivity contribution in [3.05, 3.63) is 0 Å². The van der Waals surface area contributed by atoms with E-state index in [1.807, 2.05) is 0 Å². The maximum absolute atomic E-state index is 12.0. The van der Waals surface area contributed by atoms with E-state index in [-0.39, 0.29) is 28.8 Å². The van der Waals surface area contributed by atoms with Crippen molar-refractivity contribution >= 4 is 5.91 Å². The number of hydrogen-bond acceptors (Lipinski definition) is 2. The summed E-state index contributed by atoms with van der Waals surface area (Å²) in [6.45, 7) is 10.2. The zero-order chi connectivity index (χ0) is 12.0. The standard InChI is InChI=1S/C13H23NO2/c1-12(2)10(13(12,3)4)11(15)14-8-9-6-5-7-16-9/h9-10H,5-8H2,1-4H3,(H,14,15). The van der Waals surface area contributed by atoms with Crippen molar-refractivity contribution in [1.29, 1.82) is 0 Å². The zero-order valence-electron chi connectivity index (χ0n) is 10.8. The second-order valence-electron chi connectivity index (χ2n) is 6.26. The molecule has 0 radical (unpaired) electrons. The summed E-state index contributed by atoms with van der Waals surface area (Å²) in [6, 6.07) is 0. The minimum atomic E-state index is 0.133. The van der Waals surface area contributed by atoms with Gasteiger partial charge in [0.2, 0.25) is 5.91 Å². The Labute approximate surface area is 97.9 Å². The van der Waals surface area contributed by atoms with E-state index in [1.165, 1.54) is 0 Å². The molecule has 1 amide bonds. The van der Waals surface area contributed by atoms with Crippen molar-refractivity contribution in [2.75, 3.05) is 13.2 Å². The van der Waals surface area contributed by atoms with Gasteiger partial charge < -0.3 is 10.1 Å². The highest BCUT2D eigenvalue weighted by molar-refractivity contribution is 5.84. The molecule has 16 heavy (non-hydrogen) atoms. The van der Waals surface area contributed by atoms with E-state index in [9.17, 15) is 4.79 Å². The molecule has 1 atom stereocenters. The Morgan fingerprint density at radius 1 is 1.31 bits per heavy atom. The van der Waals surface area contributed by atoms with Crippen molar-refractivity contribution in [1.82, 2.24) is 5.32 Å². The fourth-order valence-corrected chi connectivity index (χ4v) is 2.97. The molecule has 2 rings (SSSR count). The molecule has 0 aromatic heterocycles. The number of hydrogen-bond donors (Lipinski definition) is 1. The third-order valence-corrected chi connectivity index (χ3v) is 4.81. The van der Waals surface area contributed by atoms with Crippen LogP contribution >= 0.6 is 0 Å². The lowest BCUT2D eigenvalue weighted by Crippen LogP contribution is -2.34. The molecule has 1 aliphatic heterocycles. The molecular formula is C13H23NO2. The van der Waals surface area contributed by atoms with Gasteiger partial charge in [0.15, 0.2) is 0 Å². The van der Waals surface area contributed by atoms with Gasteiger partial charge >= 0.3 is 0 Å². The monoisotopic (exact) mass is 225 g/mol. The van der Waals surface area contributed by atoms with E-state index in [0.717, 1.165) is 19.4 Å². The van der Waals surface area contributed by atoms with E-state index in [0.29, 0.717) is 6.54 Å². The molecule has 1 N–H and O–H groups in total. The molecule has 1 heterocycles. The third kappa shape index (κ3) is 1.75. The van der Waals surface area contributed by atoms with Crippen molar-refractivity contribution in [2.45, 2.75) is 46.6 Å². The Morgan fingerprint density at radius 2 is 1.94 bits per heavy atom. The van der Waals surface area contributed by atoms with E-state index in [2.05, 4.69) is 33.0 Å². The summed E-state index contributed by atoms with van der Waals surface area (Å²) in [5, 5.41) is 3.03. The Bertz CT molecular complexity index is 276. The largest absolute Gasteiger partial charge is 0.376 e. The fourth-order valence-electron chi connectivity index (χ4n) is 2.97. The number of carbonyl (C=O) groups excluding carboxylic acids is 1. The van der Waals surface area contributed by atoms with Crippen LogP contribution in [0.15, 0.2) is 0 Å². The van der Waals surface area contributed by atoms with Crippen LogP contribution in [0, 0.1) is 16.7 Å². The van der Waals surface area contributed by atoms with E-state index in [1.54, 1.807) is 0 Å².